The van der Waals surface area contributed by atoms with Gasteiger partial charge in [-0.05, 0) is 18.9 Å². The third-order valence-electron chi connectivity index (χ3n) is 5.94. The number of hydrogen-bond donors (Lipinski definition) is 2. The molecule has 0 unspecified atom stereocenters. The Balaban J connectivity index is 1.58. The molecule has 1 aromatic rings. The molecule has 1 aromatic heterocycles. The van der Waals surface area contributed by atoms with Crippen molar-refractivity contribution in [3.63, 3.8) is 0 Å². The summed E-state index contributed by atoms with van der Waals surface area (Å²) < 4.78 is 47.9. The zero-order chi connectivity index (χ0) is 22.2. The van der Waals surface area contributed by atoms with E-state index in [1.54, 1.807) is 19.2 Å². The Morgan fingerprint density at radius 2 is 1.97 bits per heavy atom. The normalized spacial score (nSPS) is 20.3. The molecule has 2 N–H and O–H groups in total. The molecule has 2 heterocycles. The van der Waals surface area contributed by atoms with Crippen LogP contribution in [0.1, 0.15) is 37.7 Å². The van der Waals surface area contributed by atoms with E-state index in [-0.39, 0.29) is 18.0 Å². The minimum absolute atomic E-state index is 0.0279. The number of ether oxygens (including phenoxy) is 2. The Morgan fingerprint density at radius 3 is 2.65 bits per heavy atom. The zero-order valence-corrected chi connectivity index (χ0v) is 18.0. The van der Waals surface area contributed by atoms with Crippen LogP contribution in [0.25, 0.3) is 0 Å². The summed E-state index contributed by atoms with van der Waals surface area (Å²) in [5.74, 6) is 0.573. The average molecular weight is 444 g/mol. The van der Waals surface area contributed by atoms with Gasteiger partial charge in [-0.3, -0.25) is 9.89 Å². The molecule has 10 heteroatoms. The molecule has 0 atom stereocenters. The van der Waals surface area contributed by atoms with E-state index in [2.05, 4.69) is 25.5 Å². The number of nitrogens with one attached hydrogen (secondary N) is 2. The number of morpholine rings is 1. The first-order valence-corrected chi connectivity index (χ1v) is 10.8. The van der Waals surface area contributed by atoms with Crippen LogP contribution >= 0.6 is 0 Å². The van der Waals surface area contributed by atoms with Crippen molar-refractivity contribution in [2.45, 2.75) is 50.4 Å². The number of aromatic nitrogens is 1. The summed E-state index contributed by atoms with van der Waals surface area (Å²) in [5.41, 5.74) is 0.616. The van der Waals surface area contributed by atoms with Crippen LogP contribution in [0.4, 0.5) is 13.2 Å². The van der Waals surface area contributed by atoms with Gasteiger partial charge < -0.3 is 20.1 Å². The van der Waals surface area contributed by atoms with Gasteiger partial charge in [0.05, 0.1) is 13.2 Å². The molecule has 0 radical (unpaired) electrons. The number of hydrogen-bond acceptors (Lipinski definition) is 5. The monoisotopic (exact) mass is 443 g/mol. The van der Waals surface area contributed by atoms with Crippen LogP contribution in [-0.2, 0) is 11.3 Å². The SMILES string of the molecule is CN=C(NCc1cccnc1OCC(F)(F)F)NCC1(N2CCOCC2)CCCCC1. The molecule has 7 nitrogen and oxygen atoms in total. The Labute approximate surface area is 181 Å². The fourth-order valence-electron chi connectivity index (χ4n) is 4.34. The van der Waals surface area contributed by atoms with Crippen molar-refractivity contribution < 1.29 is 22.6 Å². The maximum absolute atomic E-state index is 12.5. The van der Waals surface area contributed by atoms with Crippen molar-refractivity contribution >= 4 is 5.96 Å². The summed E-state index contributed by atoms with van der Waals surface area (Å²) in [5, 5.41) is 6.62. The van der Waals surface area contributed by atoms with Crippen molar-refractivity contribution in [1.29, 1.82) is 0 Å². The predicted molar refractivity (Wildman–Crippen MR) is 112 cm³/mol. The first-order valence-electron chi connectivity index (χ1n) is 10.8. The minimum atomic E-state index is -4.41. The lowest BCUT2D eigenvalue weighted by Crippen LogP contribution is -2.60. The molecular formula is C21H32F3N5O2. The number of aliphatic imine (C=N–C) groups is 1. The highest BCUT2D eigenvalue weighted by atomic mass is 19.4. The predicted octanol–water partition coefficient (Wildman–Crippen LogP) is 2.72. The van der Waals surface area contributed by atoms with Crippen molar-refractivity contribution in [2.75, 3.05) is 46.5 Å². The molecule has 1 saturated heterocycles. The van der Waals surface area contributed by atoms with Crippen LogP contribution in [0.2, 0.25) is 0 Å². The Hall–Kier alpha value is -2.07. The Bertz CT molecular complexity index is 717. The zero-order valence-electron chi connectivity index (χ0n) is 18.0. The number of nitrogens with zero attached hydrogens (tertiary/aromatic N) is 3. The lowest BCUT2D eigenvalue weighted by Gasteiger charge is -2.48. The van der Waals surface area contributed by atoms with Crippen molar-refractivity contribution in [3.05, 3.63) is 23.9 Å². The van der Waals surface area contributed by atoms with E-state index in [0.717, 1.165) is 45.7 Å². The largest absolute Gasteiger partial charge is 0.468 e. The third kappa shape index (κ3) is 6.96. The number of rotatable bonds is 7. The molecule has 2 fully saturated rings. The molecule has 31 heavy (non-hydrogen) atoms. The summed E-state index contributed by atoms with van der Waals surface area (Å²) in [6.45, 7) is 3.04. The third-order valence-corrected chi connectivity index (χ3v) is 5.94. The van der Waals surface area contributed by atoms with Crippen LogP contribution in [0.15, 0.2) is 23.3 Å². The number of guanidine groups is 1. The second kappa shape index (κ2) is 11.0. The lowest BCUT2D eigenvalue weighted by atomic mass is 9.80. The smallest absolute Gasteiger partial charge is 0.422 e. The summed E-state index contributed by atoms with van der Waals surface area (Å²) in [4.78, 5) is 10.8. The fraction of sp³-hybridized carbons (Fsp3) is 0.714. The Morgan fingerprint density at radius 1 is 1.23 bits per heavy atom. The van der Waals surface area contributed by atoms with E-state index in [1.807, 2.05) is 0 Å². The van der Waals surface area contributed by atoms with Gasteiger partial charge in [-0.2, -0.15) is 13.2 Å². The quantitative estimate of drug-likeness (QED) is 0.499. The summed E-state index contributed by atoms with van der Waals surface area (Å²) in [7, 11) is 1.68. The van der Waals surface area contributed by atoms with Gasteiger partial charge in [0.1, 0.15) is 0 Å². The van der Waals surface area contributed by atoms with E-state index in [9.17, 15) is 13.2 Å². The second-order valence-electron chi connectivity index (χ2n) is 8.04. The molecule has 0 amide bonds. The molecule has 1 aliphatic heterocycles. The molecular weight excluding hydrogens is 411 g/mol. The van der Waals surface area contributed by atoms with Crippen molar-refractivity contribution in [2.24, 2.45) is 4.99 Å². The summed E-state index contributed by atoms with van der Waals surface area (Å²) >= 11 is 0. The highest BCUT2D eigenvalue weighted by molar-refractivity contribution is 5.79. The van der Waals surface area contributed by atoms with E-state index >= 15 is 0 Å². The van der Waals surface area contributed by atoms with Gasteiger partial charge in [-0.25, -0.2) is 4.98 Å². The molecule has 0 bridgehead atoms. The molecule has 0 spiro atoms. The maximum atomic E-state index is 12.5. The molecule has 1 saturated carbocycles. The second-order valence-corrected chi connectivity index (χ2v) is 8.04. The maximum Gasteiger partial charge on any atom is 0.422 e. The van der Waals surface area contributed by atoms with Gasteiger partial charge in [0.15, 0.2) is 12.6 Å². The van der Waals surface area contributed by atoms with Crippen LogP contribution in [0.5, 0.6) is 5.88 Å². The highest BCUT2D eigenvalue weighted by Gasteiger charge is 2.38. The van der Waals surface area contributed by atoms with Crippen LogP contribution < -0.4 is 15.4 Å². The van der Waals surface area contributed by atoms with E-state index in [4.69, 9.17) is 9.47 Å². The highest BCUT2D eigenvalue weighted by Crippen LogP contribution is 2.33. The van der Waals surface area contributed by atoms with E-state index < -0.39 is 12.8 Å². The number of halogens is 3. The lowest BCUT2D eigenvalue weighted by molar-refractivity contribution is -0.154. The molecule has 3 rings (SSSR count). The first-order chi connectivity index (χ1) is 14.9. The van der Waals surface area contributed by atoms with Gasteiger partial charge in [0.25, 0.3) is 0 Å². The van der Waals surface area contributed by atoms with Crippen LogP contribution in [-0.4, -0.2) is 74.1 Å². The average Bonchev–Trinajstić information content (AvgIpc) is 2.79. The van der Waals surface area contributed by atoms with Crippen LogP contribution in [0.3, 0.4) is 0 Å². The van der Waals surface area contributed by atoms with Crippen molar-refractivity contribution in [1.82, 2.24) is 20.5 Å². The summed E-state index contributed by atoms with van der Waals surface area (Å²) in [6.07, 6.45) is 2.96. The van der Waals surface area contributed by atoms with E-state index in [1.165, 1.54) is 25.5 Å². The standard InChI is InChI=1S/C21H32F3N5O2/c1-25-19(27-14-17-6-5-9-26-18(17)31-16-21(22,23)24)28-15-20(7-3-2-4-8-20)29-10-12-30-13-11-29/h5-6,9H,2-4,7-8,10-16H2,1H3,(H2,25,27,28). The van der Waals surface area contributed by atoms with Gasteiger partial charge >= 0.3 is 6.18 Å². The minimum Gasteiger partial charge on any atom is -0.468 e. The van der Waals surface area contributed by atoms with Gasteiger partial charge in [0.2, 0.25) is 5.88 Å². The van der Waals surface area contributed by atoms with Gasteiger partial charge in [-0.15, -0.1) is 0 Å². The molecule has 174 valence electrons. The topological polar surface area (TPSA) is 71.0 Å². The van der Waals surface area contributed by atoms with Crippen molar-refractivity contribution in [3.8, 4) is 5.88 Å². The molecule has 2 aliphatic rings. The van der Waals surface area contributed by atoms with Gasteiger partial charge in [-0.1, -0.05) is 25.3 Å². The van der Waals surface area contributed by atoms with E-state index in [0.29, 0.717) is 11.5 Å². The number of pyridine rings is 1. The number of alkyl halides is 3. The van der Waals surface area contributed by atoms with Gasteiger partial charge in [0, 0.05) is 50.5 Å². The summed E-state index contributed by atoms with van der Waals surface area (Å²) in [6, 6.07) is 3.36. The Kier molecular flexibility index (Phi) is 8.36. The van der Waals surface area contributed by atoms with Crippen LogP contribution in [0, 0.1) is 0 Å². The molecule has 0 aromatic carbocycles. The first kappa shape index (κ1) is 23.6. The fourth-order valence-corrected chi connectivity index (χ4v) is 4.34. The molecule has 1 aliphatic carbocycles.